The van der Waals surface area contributed by atoms with E-state index in [1.807, 2.05) is 49.4 Å². The van der Waals surface area contributed by atoms with Crippen LogP contribution in [0.5, 0.6) is 11.6 Å². The standard InChI is InChI=1S/C32H32N6O4/c1-19-9-10-21-22(6-2-8-25(21)36-28(39)24-17-32(24)12-13-32)27(19)42-29-23(7-3-14-33-29)26-11-15-34-30(37-26)35-20-5-4-16-38(18-20)31(40)41/h2-3,6-11,14-15,20,24H,4-5,12-13,16-18H2,1H3,(H,36,39)(H,40,41)(H,34,35,37)/t20?,24-/m0/s1. The summed E-state index contributed by atoms with van der Waals surface area (Å²) in [6, 6.07) is 15.3. The number of aromatic nitrogens is 3. The number of nitrogens with zero attached hydrogens (tertiary/aromatic N) is 4. The lowest BCUT2D eigenvalue weighted by atomic mass is 10.0. The summed E-state index contributed by atoms with van der Waals surface area (Å²) in [4.78, 5) is 39.4. The number of rotatable bonds is 7. The number of likely N-dealkylation sites (tertiary alicyclic amines) is 1. The zero-order valence-corrected chi connectivity index (χ0v) is 23.3. The van der Waals surface area contributed by atoms with Crippen LogP contribution in [0.2, 0.25) is 0 Å². The molecule has 2 aromatic carbocycles. The monoisotopic (exact) mass is 564 g/mol. The Bertz CT molecular complexity index is 1700. The van der Waals surface area contributed by atoms with E-state index in [0.29, 0.717) is 47.3 Å². The molecule has 10 heteroatoms. The Labute approximate surface area is 243 Å². The van der Waals surface area contributed by atoms with Crippen LogP contribution in [-0.2, 0) is 4.79 Å². The summed E-state index contributed by atoms with van der Waals surface area (Å²) in [6.45, 7) is 2.91. The predicted molar refractivity (Wildman–Crippen MR) is 159 cm³/mol. The zero-order valence-electron chi connectivity index (χ0n) is 23.3. The number of anilines is 2. The van der Waals surface area contributed by atoms with Crippen LogP contribution in [0, 0.1) is 18.3 Å². The van der Waals surface area contributed by atoms with Gasteiger partial charge in [0.15, 0.2) is 0 Å². The van der Waals surface area contributed by atoms with Crippen molar-refractivity contribution in [3.8, 4) is 22.9 Å². The van der Waals surface area contributed by atoms with Crippen LogP contribution in [0.4, 0.5) is 16.4 Å². The van der Waals surface area contributed by atoms with Gasteiger partial charge in [0.2, 0.25) is 17.7 Å². The minimum Gasteiger partial charge on any atom is -0.465 e. The maximum absolute atomic E-state index is 12.9. The predicted octanol–water partition coefficient (Wildman–Crippen LogP) is 6.09. The van der Waals surface area contributed by atoms with Gasteiger partial charge in [0.05, 0.1) is 11.3 Å². The van der Waals surface area contributed by atoms with Crippen LogP contribution in [-0.4, -0.2) is 56.1 Å². The van der Waals surface area contributed by atoms with E-state index < -0.39 is 6.09 Å². The molecule has 2 aliphatic carbocycles. The quantitative estimate of drug-likeness (QED) is 0.246. The Hall–Kier alpha value is -4.73. The Balaban J connectivity index is 1.16. The molecule has 1 aliphatic heterocycles. The first kappa shape index (κ1) is 26.2. The third kappa shape index (κ3) is 4.97. The van der Waals surface area contributed by atoms with E-state index in [2.05, 4.69) is 20.6 Å². The van der Waals surface area contributed by atoms with Crippen molar-refractivity contribution in [3.05, 3.63) is 66.5 Å². The van der Waals surface area contributed by atoms with Gasteiger partial charge in [-0.2, -0.15) is 0 Å². The fourth-order valence-corrected chi connectivity index (χ4v) is 6.13. The van der Waals surface area contributed by atoms with E-state index >= 15 is 0 Å². The first-order valence-corrected chi connectivity index (χ1v) is 14.4. The Morgan fingerprint density at radius 1 is 1.05 bits per heavy atom. The molecule has 3 fully saturated rings. The first-order chi connectivity index (χ1) is 20.4. The van der Waals surface area contributed by atoms with Crippen molar-refractivity contribution < 1.29 is 19.4 Å². The van der Waals surface area contributed by atoms with Gasteiger partial charge in [0.1, 0.15) is 5.75 Å². The number of hydrogen-bond donors (Lipinski definition) is 3. The molecule has 3 heterocycles. The molecule has 42 heavy (non-hydrogen) atoms. The fourth-order valence-electron chi connectivity index (χ4n) is 6.13. The fraction of sp³-hybridized carbons (Fsp3) is 0.344. The SMILES string of the molecule is Cc1ccc2c(NC(=O)[C@@H]3CC34CC4)cccc2c1Oc1ncccc1-c1ccnc(NC2CCCN(C(=O)O)C2)n1. The number of nitrogens with one attached hydrogen (secondary N) is 2. The third-order valence-electron chi connectivity index (χ3n) is 8.79. The van der Waals surface area contributed by atoms with Crippen molar-refractivity contribution >= 4 is 34.4 Å². The van der Waals surface area contributed by atoms with Gasteiger partial charge in [0, 0.05) is 53.9 Å². The molecular formula is C32H32N6O4. The van der Waals surface area contributed by atoms with Crippen molar-refractivity contribution in [1.29, 1.82) is 0 Å². The molecule has 2 aromatic heterocycles. The molecule has 214 valence electrons. The average molecular weight is 565 g/mol. The van der Waals surface area contributed by atoms with Crippen LogP contribution in [0.3, 0.4) is 0 Å². The molecule has 1 unspecified atom stereocenters. The number of piperidine rings is 1. The average Bonchev–Trinajstić information content (AvgIpc) is 3.93. The van der Waals surface area contributed by atoms with Crippen molar-refractivity contribution in [1.82, 2.24) is 19.9 Å². The van der Waals surface area contributed by atoms with Crippen LogP contribution < -0.4 is 15.4 Å². The number of carboxylic acid groups (broad SMARTS) is 1. The van der Waals surface area contributed by atoms with Crippen LogP contribution >= 0.6 is 0 Å². The second-order valence-electron chi connectivity index (χ2n) is 11.7. The molecular weight excluding hydrogens is 532 g/mol. The Morgan fingerprint density at radius 2 is 1.93 bits per heavy atom. The number of hydrogen-bond acceptors (Lipinski definition) is 7. The van der Waals surface area contributed by atoms with Crippen molar-refractivity contribution in [3.63, 3.8) is 0 Å². The molecule has 0 bridgehead atoms. The smallest absolute Gasteiger partial charge is 0.407 e. The number of fused-ring (bicyclic) bond motifs is 1. The highest BCUT2D eigenvalue weighted by Crippen LogP contribution is 2.70. The molecule has 3 N–H and O–H groups in total. The van der Waals surface area contributed by atoms with E-state index in [-0.39, 0.29) is 17.9 Å². The molecule has 2 saturated carbocycles. The second kappa shape index (κ2) is 10.3. The van der Waals surface area contributed by atoms with Gasteiger partial charge in [-0.25, -0.2) is 19.7 Å². The van der Waals surface area contributed by atoms with E-state index in [4.69, 9.17) is 9.72 Å². The minimum absolute atomic E-state index is 0.0718. The molecule has 3 aliphatic rings. The highest BCUT2D eigenvalue weighted by atomic mass is 16.5. The molecule has 2 atom stereocenters. The number of aryl methyl sites for hydroxylation is 1. The van der Waals surface area contributed by atoms with Gasteiger partial charge >= 0.3 is 6.09 Å². The lowest BCUT2D eigenvalue weighted by Gasteiger charge is -2.31. The topological polar surface area (TPSA) is 130 Å². The normalized spacial score (nSPS) is 20.3. The van der Waals surface area contributed by atoms with Gasteiger partial charge in [-0.05, 0) is 74.3 Å². The molecule has 4 aromatic rings. The molecule has 10 nitrogen and oxygen atoms in total. The molecule has 1 saturated heterocycles. The summed E-state index contributed by atoms with van der Waals surface area (Å²) in [5, 5.41) is 17.6. The van der Waals surface area contributed by atoms with Gasteiger partial charge in [-0.15, -0.1) is 0 Å². The van der Waals surface area contributed by atoms with Gasteiger partial charge in [0.25, 0.3) is 0 Å². The number of benzene rings is 2. The first-order valence-electron chi connectivity index (χ1n) is 14.4. The highest BCUT2D eigenvalue weighted by molar-refractivity contribution is 6.06. The van der Waals surface area contributed by atoms with Crippen molar-refractivity contribution in [2.24, 2.45) is 11.3 Å². The minimum atomic E-state index is -0.916. The van der Waals surface area contributed by atoms with Crippen LogP contribution in [0.15, 0.2) is 60.9 Å². The summed E-state index contributed by atoms with van der Waals surface area (Å²) in [6.07, 6.45) is 7.38. The number of ether oxygens (including phenoxy) is 1. The molecule has 0 radical (unpaired) electrons. The number of carbonyl (C=O) groups is 2. The van der Waals surface area contributed by atoms with Crippen molar-refractivity contribution in [2.45, 2.75) is 45.1 Å². The largest absolute Gasteiger partial charge is 0.465 e. The summed E-state index contributed by atoms with van der Waals surface area (Å²) in [5.74, 6) is 1.72. The van der Waals surface area contributed by atoms with Gasteiger partial charge in [-0.1, -0.05) is 24.3 Å². The van der Waals surface area contributed by atoms with Gasteiger partial charge in [-0.3, -0.25) is 4.79 Å². The number of amides is 2. The molecule has 1 spiro atoms. The van der Waals surface area contributed by atoms with Crippen molar-refractivity contribution in [2.75, 3.05) is 23.7 Å². The summed E-state index contributed by atoms with van der Waals surface area (Å²) >= 11 is 0. The maximum Gasteiger partial charge on any atom is 0.407 e. The lowest BCUT2D eigenvalue weighted by molar-refractivity contribution is -0.117. The second-order valence-corrected chi connectivity index (χ2v) is 11.7. The maximum atomic E-state index is 12.9. The highest BCUT2D eigenvalue weighted by Gasteiger charge is 2.65. The molecule has 2 amide bonds. The Kier molecular flexibility index (Phi) is 6.41. The van der Waals surface area contributed by atoms with E-state index in [9.17, 15) is 14.7 Å². The van der Waals surface area contributed by atoms with Gasteiger partial charge < -0.3 is 25.4 Å². The van der Waals surface area contributed by atoms with E-state index in [1.54, 1.807) is 18.5 Å². The van der Waals surface area contributed by atoms with Crippen LogP contribution in [0.1, 0.15) is 37.7 Å². The number of pyridine rings is 1. The van der Waals surface area contributed by atoms with E-state index in [0.717, 1.165) is 54.1 Å². The van der Waals surface area contributed by atoms with Crippen LogP contribution in [0.25, 0.3) is 22.0 Å². The summed E-state index contributed by atoms with van der Waals surface area (Å²) in [5.41, 5.74) is 3.34. The summed E-state index contributed by atoms with van der Waals surface area (Å²) in [7, 11) is 0. The Morgan fingerprint density at radius 3 is 2.74 bits per heavy atom. The summed E-state index contributed by atoms with van der Waals surface area (Å²) < 4.78 is 6.52. The molecule has 7 rings (SSSR count). The van der Waals surface area contributed by atoms with E-state index in [1.165, 1.54) is 4.90 Å². The lowest BCUT2D eigenvalue weighted by Crippen LogP contribution is -2.44. The third-order valence-corrected chi connectivity index (χ3v) is 8.79. The number of carbonyl (C=O) groups excluding carboxylic acids is 1. The zero-order chi connectivity index (χ0) is 28.8.